The number of aromatic nitrogens is 4. The van der Waals surface area contributed by atoms with Crippen molar-refractivity contribution in [1.82, 2.24) is 19.7 Å². The number of anilines is 1. The Morgan fingerprint density at radius 2 is 2.19 bits per heavy atom. The fourth-order valence-electron chi connectivity index (χ4n) is 1.34. The summed E-state index contributed by atoms with van der Waals surface area (Å²) in [6.45, 7) is 2.85. The average Bonchev–Trinajstić information content (AvgIpc) is 2.74. The largest absolute Gasteiger partial charge is 0.350 e. The minimum Gasteiger partial charge on any atom is -0.350 e. The first kappa shape index (κ1) is 11.1. The lowest BCUT2D eigenvalue weighted by Gasteiger charge is -2.13. The van der Waals surface area contributed by atoms with Crippen molar-refractivity contribution in [2.24, 2.45) is 0 Å². The molecule has 0 aliphatic rings. The molecule has 2 rings (SSSR count). The second kappa shape index (κ2) is 5.07. The molecule has 0 aliphatic carbocycles. The fraction of sp³-hybridized carbons (Fsp3) is 0.300. The molecule has 0 saturated heterocycles. The van der Waals surface area contributed by atoms with Crippen molar-refractivity contribution in [2.45, 2.75) is 19.5 Å². The maximum absolute atomic E-state index is 4.15. The summed E-state index contributed by atoms with van der Waals surface area (Å²) in [5.74, 6) is 0.628. The molecule has 5 nitrogen and oxygen atoms in total. The van der Waals surface area contributed by atoms with Crippen LogP contribution in [0.2, 0.25) is 0 Å². The Kier molecular flexibility index (Phi) is 3.51. The highest BCUT2D eigenvalue weighted by molar-refractivity contribution is 9.10. The SMILES string of the molecule is CC(Cn1cccn1)Nc1ncc(Br)cn1. The van der Waals surface area contributed by atoms with E-state index in [1.165, 1.54) is 0 Å². The van der Waals surface area contributed by atoms with Gasteiger partial charge in [-0.2, -0.15) is 5.10 Å². The van der Waals surface area contributed by atoms with E-state index in [0.717, 1.165) is 11.0 Å². The van der Waals surface area contributed by atoms with Crippen molar-refractivity contribution >= 4 is 21.9 Å². The predicted molar refractivity (Wildman–Crippen MR) is 65.0 cm³/mol. The molecular formula is C10H12BrN5. The standard InChI is InChI=1S/C10H12BrN5/c1-8(7-16-4-2-3-14-16)15-10-12-5-9(11)6-13-10/h2-6,8H,7H2,1H3,(H,12,13,15). The molecule has 16 heavy (non-hydrogen) atoms. The number of rotatable bonds is 4. The van der Waals surface area contributed by atoms with Gasteiger partial charge in [-0.25, -0.2) is 9.97 Å². The molecule has 1 unspecified atom stereocenters. The Morgan fingerprint density at radius 1 is 1.44 bits per heavy atom. The molecular weight excluding hydrogens is 270 g/mol. The van der Waals surface area contributed by atoms with Gasteiger partial charge in [0.25, 0.3) is 0 Å². The second-order valence-electron chi connectivity index (χ2n) is 3.50. The van der Waals surface area contributed by atoms with E-state index >= 15 is 0 Å². The molecule has 0 spiro atoms. The molecule has 6 heteroatoms. The number of nitrogens with one attached hydrogen (secondary N) is 1. The van der Waals surface area contributed by atoms with E-state index in [4.69, 9.17) is 0 Å². The summed E-state index contributed by atoms with van der Waals surface area (Å²) in [7, 11) is 0. The zero-order valence-corrected chi connectivity index (χ0v) is 10.4. The number of hydrogen-bond donors (Lipinski definition) is 1. The van der Waals surface area contributed by atoms with E-state index < -0.39 is 0 Å². The summed E-state index contributed by atoms with van der Waals surface area (Å²) >= 11 is 3.29. The topological polar surface area (TPSA) is 55.6 Å². The van der Waals surface area contributed by atoms with E-state index in [0.29, 0.717) is 5.95 Å². The van der Waals surface area contributed by atoms with Gasteiger partial charge in [-0.05, 0) is 28.9 Å². The molecule has 0 amide bonds. The zero-order chi connectivity index (χ0) is 11.4. The molecule has 84 valence electrons. The third-order valence-corrected chi connectivity index (χ3v) is 2.43. The predicted octanol–water partition coefficient (Wildman–Crippen LogP) is 1.94. The van der Waals surface area contributed by atoms with Gasteiger partial charge in [0, 0.05) is 30.8 Å². The molecule has 1 atom stereocenters. The Balaban J connectivity index is 1.92. The summed E-state index contributed by atoms with van der Waals surface area (Å²) < 4.78 is 2.74. The number of halogens is 1. The molecule has 2 aromatic heterocycles. The summed E-state index contributed by atoms with van der Waals surface area (Å²) in [5.41, 5.74) is 0. The van der Waals surface area contributed by atoms with Crippen LogP contribution in [0.4, 0.5) is 5.95 Å². The van der Waals surface area contributed by atoms with E-state index in [1.54, 1.807) is 18.6 Å². The second-order valence-corrected chi connectivity index (χ2v) is 4.41. The van der Waals surface area contributed by atoms with Gasteiger partial charge < -0.3 is 5.32 Å². The Bertz CT molecular complexity index is 425. The number of hydrogen-bond acceptors (Lipinski definition) is 4. The van der Waals surface area contributed by atoms with Gasteiger partial charge in [-0.1, -0.05) is 0 Å². The van der Waals surface area contributed by atoms with Crippen LogP contribution in [-0.2, 0) is 6.54 Å². The summed E-state index contributed by atoms with van der Waals surface area (Å²) in [6.07, 6.45) is 7.13. The maximum Gasteiger partial charge on any atom is 0.222 e. The first-order chi connectivity index (χ1) is 7.74. The Morgan fingerprint density at radius 3 is 2.81 bits per heavy atom. The van der Waals surface area contributed by atoms with Crippen LogP contribution in [0, 0.1) is 0 Å². The van der Waals surface area contributed by atoms with Crippen molar-refractivity contribution in [1.29, 1.82) is 0 Å². The third-order valence-electron chi connectivity index (χ3n) is 2.02. The lowest BCUT2D eigenvalue weighted by Crippen LogP contribution is -2.23. The van der Waals surface area contributed by atoms with E-state index in [-0.39, 0.29) is 6.04 Å². The third kappa shape index (κ3) is 3.03. The minimum atomic E-state index is 0.223. The van der Waals surface area contributed by atoms with Crippen LogP contribution in [0.25, 0.3) is 0 Å². The van der Waals surface area contributed by atoms with Crippen molar-refractivity contribution in [3.63, 3.8) is 0 Å². The fourth-order valence-corrected chi connectivity index (χ4v) is 1.55. The first-order valence-corrected chi connectivity index (χ1v) is 5.75. The molecule has 0 aromatic carbocycles. The maximum atomic E-state index is 4.15. The average molecular weight is 282 g/mol. The van der Waals surface area contributed by atoms with Crippen LogP contribution < -0.4 is 5.32 Å². The van der Waals surface area contributed by atoms with Gasteiger partial charge in [0.2, 0.25) is 5.95 Å². The molecule has 0 fully saturated rings. The van der Waals surface area contributed by atoms with Crippen LogP contribution in [-0.4, -0.2) is 25.8 Å². The normalized spacial score (nSPS) is 12.4. The van der Waals surface area contributed by atoms with Gasteiger partial charge in [-0.15, -0.1) is 0 Å². The lowest BCUT2D eigenvalue weighted by molar-refractivity contribution is 0.558. The zero-order valence-electron chi connectivity index (χ0n) is 8.84. The van der Waals surface area contributed by atoms with Gasteiger partial charge >= 0.3 is 0 Å². The van der Waals surface area contributed by atoms with Crippen LogP contribution in [0.1, 0.15) is 6.92 Å². The summed E-state index contributed by atoms with van der Waals surface area (Å²) in [6, 6.07) is 2.13. The van der Waals surface area contributed by atoms with E-state index in [2.05, 4.69) is 43.2 Å². The molecule has 0 saturated carbocycles. The quantitative estimate of drug-likeness (QED) is 0.931. The molecule has 2 heterocycles. The van der Waals surface area contributed by atoms with Gasteiger partial charge in [0.15, 0.2) is 0 Å². The molecule has 0 bridgehead atoms. The lowest BCUT2D eigenvalue weighted by atomic mass is 10.3. The Labute approximate surface area is 102 Å². The van der Waals surface area contributed by atoms with Crippen LogP contribution in [0.15, 0.2) is 35.3 Å². The summed E-state index contributed by atoms with van der Waals surface area (Å²) in [4.78, 5) is 8.30. The van der Waals surface area contributed by atoms with Gasteiger partial charge in [0.05, 0.1) is 11.0 Å². The van der Waals surface area contributed by atoms with Crippen molar-refractivity contribution in [2.75, 3.05) is 5.32 Å². The number of nitrogens with zero attached hydrogens (tertiary/aromatic N) is 4. The van der Waals surface area contributed by atoms with Gasteiger partial charge in [-0.3, -0.25) is 4.68 Å². The highest BCUT2D eigenvalue weighted by Gasteiger charge is 2.04. The van der Waals surface area contributed by atoms with E-state index in [1.807, 2.05) is 16.9 Å². The van der Waals surface area contributed by atoms with E-state index in [9.17, 15) is 0 Å². The van der Waals surface area contributed by atoms with Crippen molar-refractivity contribution in [3.05, 3.63) is 35.3 Å². The molecule has 0 aliphatic heterocycles. The van der Waals surface area contributed by atoms with Crippen LogP contribution >= 0.6 is 15.9 Å². The minimum absolute atomic E-state index is 0.223. The van der Waals surface area contributed by atoms with Crippen LogP contribution in [0.3, 0.4) is 0 Å². The Hall–Kier alpha value is -1.43. The highest BCUT2D eigenvalue weighted by Crippen LogP contribution is 2.07. The van der Waals surface area contributed by atoms with Crippen molar-refractivity contribution in [3.8, 4) is 0 Å². The molecule has 1 N–H and O–H groups in total. The summed E-state index contributed by atoms with van der Waals surface area (Å²) in [5, 5.41) is 7.34. The smallest absolute Gasteiger partial charge is 0.222 e. The highest BCUT2D eigenvalue weighted by atomic mass is 79.9. The molecule has 2 aromatic rings. The monoisotopic (exact) mass is 281 g/mol. The van der Waals surface area contributed by atoms with Crippen LogP contribution in [0.5, 0.6) is 0 Å². The van der Waals surface area contributed by atoms with Gasteiger partial charge in [0.1, 0.15) is 0 Å². The van der Waals surface area contributed by atoms with Crippen molar-refractivity contribution < 1.29 is 0 Å². The molecule has 0 radical (unpaired) electrons. The first-order valence-electron chi connectivity index (χ1n) is 4.95.